The van der Waals surface area contributed by atoms with Gasteiger partial charge in [-0.2, -0.15) is 19.0 Å². The summed E-state index contributed by atoms with van der Waals surface area (Å²) in [5.74, 6) is 0. The predicted octanol–water partition coefficient (Wildman–Crippen LogP) is 4.59. The van der Waals surface area contributed by atoms with Crippen molar-refractivity contribution in [3.63, 3.8) is 0 Å². The van der Waals surface area contributed by atoms with Crippen LogP contribution in [0.4, 0.5) is 0 Å². The largest absolute Gasteiger partial charge is 0.590 e. The lowest BCUT2D eigenvalue weighted by molar-refractivity contribution is 0.288. The molecule has 0 bridgehead atoms. The molecule has 0 fully saturated rings. The first-order valence-electron chi connectivity index (χ1n) is 6.58. The molecule has 0 saturated heterocycles. The average Bonchev–Trinajstić information content (AvgIpc) is 2.24. The van der Waals surface area contributed by atoms with Crippen LogP contribution in [-0.4, -0.2) is 13.0 Å². The van der Waals surface area contributed by atoms with Gasteiger partial charge in [0.2, 0.25) is 0 Å². The van der Waals surface area contributed by atoms with Gasteiger partial charge in [0.25, 0.3) is 0 Å². The molecule has 1 nitrogen and oxygen atoms in total. The van der Waals surface area contributed by atoms with Gasteiger partial charge in [0, 0.05) is 0 Å². The Hall–Kier alpha value is 0.0249. The Labute approximate surface area is 90.6 Å². The minimum atomic E-state index is -0.480. The number of rotatable bonds is 9. The Balaban J connectivity index is 3.61. The Morgan fingerprint density at radius 1 is 0.786 bits per heavy atom. The maximum absolute atomic E-state index is 6.09. The van der Waals surface area contributed by atoms with E-state index in [0.717, 1.165) is 6.61 Å². The molecule has 0 aliphatic heterocycles. The quantitative estimate of drug-likeness (QED) is 0.390. The molecule has 86 valence electrons. The van der Waals surface area contributed by atoms with E-state index in [1.807, 2.05) is 0 Å². The van der Waals surface area contributed by atoms with Gasteiger partial charge < -0.3 is 4.65 Å². The van der Waals surface area contributed by atoms with Crippen LogP contribution in [0.25, 0.3) is 0 Å². The highest BCUT2D eigenvalue weighted by Crippen LogP contribution is 2.21. The monoisotopic (exact) mass is 199 g/mol. The standard InChI is InChI=1S/C12H28BO/c1-5-9-10-11-12-14-13(6-2,7-3)8-4/h5-12H2,1-4H3/q-1. The van der Waals surface area contributed by atoms with Crippen LogP contribution >= 0.6 is 0 Å². The number of hydrogen-bond acceptors (Lipinski definition) is 1. The van der Waals surface area contributed by atoms with Crippen LogP contribution in [0.15, 0.2) is 0 Å². The van der Waals surface area contributed by atoms with Crippen molar-refractivity contribution in [3.05, 3.63) is 0 Å². The highest BCUT2D eigenvalue weighted by molar-refractivity contribution is 6.73. The first kappa shape index (κ1) is 14.0. The smallest absolute Gasteiger partial charge is 0.113 e. The summed E-state index contributed by atoms with van der Waals surface area (Å²) < 4.78 is 6.09. The van der Waals surface area contributed by atoms with Crippen LogP contribution in [0.5, 0.6) is 0 Å². The van der Waals surface area contributed by atoms with Gasteiger partial charge in [-0.1, -0.05) is 47.0 Å². The molecule has 0 radical (unpaired) electrons. The summed E-state index contributed by atoms with van der Waals surface area (Å²) in [6.45, 7) is 10.0. The molecule has 0 aromatic carbocycles. The SMILES string of the molecule is CCCCCCO[B-](CC)(CC)CC. The van der Waals surface area contributed by atoms with E-state index < -0.39 is 6.35 Å². The summed E-state index contributed by atoms with van der Waals surface area (Å²) in [6, 6.07) is 0. The summed E-state index contributed by atoms with van der Waals surface area (Å²) >= 11 is 0. The van der Waals surface area contributed by atoms with E-state index in [1.54, 1.807) is 0 Å². The third-order valence-corrected chi connectivity index (χ3v) is 3.70. The first-order valence-corrected chi connectivity index (χ1v) is 6.58. The van der Waals surface area contributed by atoms with Gasteiger partial charge in [-0.05, 0) is 13.0 Å². The van der Waals surface area contributed by atoms with Crippen molar-refractivity contribution in [1.82, 2.24) is 0 Å². The fourth-order valence-electron chi connectivity index (χ4n) is 2.08. The normalized spacial score (nSPS) is 12.0. The molecule has 0 saturated carbocycles. The summed E-state index contributed by atoms with van der Waals surface area (Å²) in [4.78, 5) is 0. The lowest BCUT2D eigenvalue weighted by Gasteiger charge is -2.38. The molecule has 0 amide bonds. The topological polar surface area (TPSA) is 9.23 Å². The molecule has 0 rings (SSSR count). The van der Waals surface area contributed by atoms with Crippen LogP contribution < -0.4 is 0 Å². The van der Waals surface area contributed by atoms with Crippen LogP contribution in [0.2, 0.25) is 19.0 Å². The van der Waals surface area contributed by atoms with E-state index in [2.05, 4.69) is 27.7 Å². The third-order valence-electron chi connectivity index (χ3n) is 3.70. The van der Waals surface area contributed by atoms with E-state index in [4.69, 9.17) is 4.65 Å². The van der Waals surface area contributed by atoms with Gasteiger partial charge >= 0.3 is 0 Å². The van der Waals surface area contributed by atoms with Gasteiger partial charge in [-0.25, -0.2) is 0 Å². The minimum Gasteiger partial charge on any atom is -0.590 e. The van der Waals surface area contributed by atoms with Crippen molar-refractivity contribution in [2.24, 2.45) is 0 Å². The average molecular weight is 199 g/mol. The Bertz CT molecular complexity index is 113. The second-order valence-corrected chi connectivity index (χ2v) is 4.52. The van der Waals surface area contributed by atoms with Crippen molar-refractivity contribution in [2.75, 3.05) is 6.61 Å². The van der Waals surface area contributed by atoms with Gasteiger partial charge in [0.15, 0.2) is 0 Å². The minimum absolute atomic E-state index is 0.480. The van der Waals surface area contributed by atoms with Crippen molar-refractivity contribution < 1.29 is 4.65 Å². The van der Waals surface area contributed by atoms with E-state index in [-0.39, 0.29) is 0 Å². The van der Waals surface area contributed by atoms with E-state index in [9.17, 15) is 0 Å². The summed E-state index contributed by atoms with van der Waals surface area (Å²) in [5.41, 5.74) is 0. The second-order valence-electron chi connectivity index (χ2n) is 4.52. The van der Waals surface area contributed by atoms with E-state index >= 15 is 0 Å². The van der Waals surface area contributed by atoms with Crippen molar-refractivity contribution in [1.29, 1.82) is 0 Å². The zero-order valence-electron chi connectivity index (χ0n) is 10.6. The Morgan fingerprint density at radius 3 is 1.79 bits per heavy atom. The molecule has 0 aliphatic rings. The van der Waals surface area contributed by atoms with Crippen molar-refractivity contribution in [2.45, 2.75) is 72.3 Å². The lowest BCUT2D eigenvalue weighted by atomic mass is 9.34. The molecule has 0 heterocycles. The molecule has 0 unspecified atom stereocenters. The Kier molecular flexibility index (Phi) is 8.36. The molecule has 2 heteroatoms. The fraction of sp³-hybridized carbons (Fsp3) is 1.00. The zero-order valence-corrected chi connectivity index (χ0v) is 10.6. The Morgan fingerprint density at radius 2 is 1.36 bits per heavy atom. The van der Waals surface area contributed by atoms with Crippen LogP contribution in [0, 0.1) is 0 Å². The van der Waals surface area contributed by atoms with E-state index in [0.29, 0.717) is 0 Å². The highest BCUT2D eigenvalue weighted by Gasteiger charge is 2.18. The fourth-order valence-corrected chi connectivity index (χ4v) is 2.08. The second kappa shape index (κ2) is 8.34. The molecule has 0 spiro atoms. The summed E-state index contributed by atoms with van der Waals surface area (Å²) in [7, 11) is 0. The maximum Gasteiger partial charge on any atom is 0.113 e. The molecular weight excluding hydrogens is 171 g/mol. The molecule has 0 aromatic heterocycles. The number of hydrogen-bond donors (Lipinski definition) is 0. The molecule has 0 atom stereocenters. The van der Waals surface area contributed by atoms with Crippen LogP contribution in [0.1, 0.15) is 53.4 Å². The number of unbranched alkanes of at least 4 members (excludes halogenated alkanes) is 3. The lowest BCUT2D eigenvalue weighted by Crippen LogP contribution is -2.36. The van der Waals surface area contributed by atoms with Gasteiger partial charge in [-0.15, -0.1) is 0 Å². The molecule has 0 aromatic rings. The highest BCUT2D eigenvalue weighted by atomic mass is 16.4. The zero-order chi connectivity index (χ0) is 10.9. The van der Waals surface area contributed by atoms with Crippen LogP contribution in [0.3, 0.4) is 0 Å². The third kappa shape index (κ3) is 5.04. The van der Waals surface area contributed by atoms with Gasteiger partial charge in [0.05, 0.1) is 0 Å². The predicted molar refractivity (Wildman–Crippen MR) is 67.3 cm³/mol. The van der Waals surface area contributed by atoms with Crippen molar-refractivity contribution >= 4 is 6.35 Å². The van der Waals surface area contributed by atoms with E-state index in [1.165, 1.54) is 44.6 Å². The summed E-state index contributed by atoms with van der Waals surface area (Å²) in [6.07, 6.45) is 8.39. The molecule has 0 N–H and O–H groups in total. The summed E-state index contributed by atoms with van der Waals surface area (Å²) in [5, 5.41) is 0. The first-order chi connectivity index (χ1) is 6.74. The molecule has 0 aliphatic carbocycles. The van der Waals surface area contributed by atoms with Crippen LogP contribution in [-0.2, 0) is 4.65 Å². The maximum atomic E-state index is 6.09. The van der Waals surface area contributed by atoms with Gasteiger partial charge in [0.1, 0.15) is 6.35 Å². The molecular formula is C12H28BO-. The van der Waals surface area contributed by atoms with Gasteiger partial charge in [-0.3, -0.25) is 0 Å². The van der Waals surface area contributed by atoms with Crippen molar-refractivity contribution in [3.8, 4) is 0 Å². The molecule has 14 heavy (non-hydrogen) atoms.